The van der Waals surface area contributed by atoms with Gasteiger partial charge < -0.3 is 9.47 Å². The van der Waals surface area contributed by atoms with Gasteiger partial charge in [0.25, 0.3) is 5.69 Å². The summed E-state index contributed by atoms with van der Waals surface area (Å²) in [5, 5.41) is 20.6. The molecule has 0 N–H and O–H groups in total. The zero-order chi connectivity index (χ0) is 20.1. The fourth-order valence-corrected chi connectivity index (χ4v) is 3.01. The Balaban J connectivity index is 2.75. The number of nitro benzene ring substituents is 1. The largest absolute Gasteiger partial charge is 0.466 e. The minimum Gasteiger partial charge on any atom is -0.466 e. The molecule has 0 radical (unpaired) electrons. The third kappa shape index (κ3) is 3.84. The van der Waals surface area contributed by atoms with Crippen molar-refractivity contribution in [2.45, 2.75) is 19.8 Å². The predicted octanol–water partition coefficient (Wildman–Crippen LogP) is 2.28. The highest BCUT2D eigenvalue weighted by Crippen LogP contribution is 2.40. The number of esters is 2. The number of allylic oxidation sites excluding steroid dienone is 1. The molecule has 0 fully saturated rings. The van der Waals surface area contributed by atoms with Gasteiger partial charge in [0.1, 0.15) is 12.0 Å². The van der Waals surface area contributed by atoms with Gasteiger partial charge in [-0.1, -0.05) is 12.1 Å². The number of methoxy groups -OCH3 is 1. The van der Waals surface area contributed by atoms with Gasteiger partial charge in [0.15, 0.2) is 5.70 Å². The number of rotatable bonds is 5. The van der Waals surface area contributed by atoms with Crippen molar-refractivity contribution in [3.8, 4) is 6.07 Å². The molecule has 0 aromatic heterocycles. The van der Waals surface area contributed by atoms with Gasteiger partial charge in [-0.2, -0.15) is 5.26 Å². The number of hydrogen-bond acceptors (Lipinski definition) is 8. The Kier molecular flexibility index (Phi) is 6.03. The van der Waals surface area contributed by atoms with E-state index in [1.54, 1.807) is 13.0 Å². The van der Waals surface area contributed by atoms with Gasteiger partial charge in [0.2, 0.25) is 0 Å². The van der Waals surface area contributed by atoms with Gasteiger partial charge in [0.05, 0.1) is 24.2 Å². The summed E-state index contributed by atoms with van der Waals surface area (Å²) in [5.41, 5.74) is 0.0392. The molecule has 1 heterocycles. The molecule has 9 nitrogen and oxygen atoms in total. The van der Waals surface area contributed by atoms with Crippen molar-refractivity contribution in [2.24, 2.45) is 10.9 Å². The third-order valence-electron chi connectivity index (χ3n) is 4.13. The van der Waals surface area contributed by atoms with E-state index in [4.69, 9.17) is 9.47 Å². The second kappa shape index (κ2) is 8.23. The highest BCUT2D eigenvalue weighted by molar-refractivity contribution is 6.07. The Hall–Kier alpha value is -3.54. The van der Waals surface area contributed by atoms with E-state index >= 15 is 0 Å². The number of nitriles is 1. The first-order valence-corrected chi connectivity index (χ1v) is 8.04. The highest BCUT2D eigenvalue weighted by atomic mass is 16.6. The number of non-ortho nitro benzene ring substituents is 1. The standard InChI is InChI=1S/C18H17N3O6/c1-4-27-18(23)14-10(2)20-13(9-19)16(17(22)26-3)15(14)11-6-5-7-12(8-11)21(24)25/h5-8,14-15H,4H2,1-3H3. The van der Waals surface area contributed by atoms with E-state index in [9.17, 15) is 25.0 Å². The number of nitro groups is 1. The molecule has 2 unspecified atom stereocenters. The van der Waals surface area contributed by atoms with Crippen molar-refractivity contribution in [1.29, 1.82) is 5.26 Å². The number of benzene rings is 1. The first-order valence-electron chi connectivity index (χ1n) is 8.04. The second-order valence-electron chi connectivity index (χ2n) is 5.68. The molecule has 2 rings (SSSR count). The molecule has 2 atom stereocenters. The maximum Gasteiger partial charge on any atom is 0.337 e. The van der Waals surface area contributed by atoms with E-state index in [-0.39, 0.29) is 29.3 Å². The molecule has 140 valence electrons. The summed E-state index contributed by atoms with van der Waals surface area (Å²) in [6, 6.07) is 7.37. The van der Waals surface area contributed by atoms with Gasteiger partial charge in [-0.15, -0.1) is 0 Å². The van der Waals surface area contributed by atoms with Gasteiger partial charge in [-0.05, 0) is 19.4 Å². The Bertz CT molecular complexity index is 897. The molecule has 0 spiro atoms. The predicted molar refractivity (Wildman–Crippen MR) is 93.7 cm³/mol. The summed E-state index contributed by atoms with van der Waals surface area (Å²) in [5.74, 6) is -3.50. The van der Waals surface area contributed by atoms with E-state index < -0.39 is 28.7 Å². The number of nitrogens with zero attached hydrogens (tertiary/aromatic N) is 3. The third-order valence-corrected chi connectivity index (χ3v) is 4.13. The van der Waals surface area contributed by atoms with E-state index in [0.29, 0.717) is 5.56 Å². The van der Waals surface area contributed by atoms with Gasteiger partial charge in [-0.3, -0.25) is 14.9 Å². The number of carbonyl (C=O) groups is 2. The lowest BCUT2D eigenvalue weighted by molar-refractivity contribution is -0.384. The average Bonchev–Trinajstić information content (AvgIpc) is 2.66. The van der Waals surface area contributed by atoms with Crippen molar-refractivity contribution in [2.75, 3.05) is 13.7 Å². The maximum absolute atomic E-state index is 12.6. The minimum absolute atomic E-state index is 0.104. The molecule has 0 saturated carbocycles. The van der Waals surface area contributed by atoms with Crippen LogP contribution in [0, 0.1) is 27.4 Å². The molecule has 27 heavy (non-hydrogen) atoms. The Morgan fingerprint density at radius 3 is 2.67 bits per heavy atom. The number of carbonyl (C=O) groups excluding carboxylic acids is 2. The molecular weight excluding hydrogens is 354 g/mol. The zero-order valence-electron chi connectivity index (χ0n) is 15.0. The van der Waals surface area contributed by atoms with Crippen LogP contribution in [-0.2, 0) is 19.1 Å². The summed E-state index contributed by atoms with van der Waals surface area (Å²) in [6.07, 6.45) is 0. The van der Waals surface area contributed by atoms with Crippen molar-refractivity contribution in [3.63, 3.8) is 0 Å². The van der Waals surface area contributed by atoms with Crippen molar-refractivity contribution >= 4 is 23.3 Å². The van der Waals surface area contributed by atoms with Crippen molar-refractivity contribution < 1.29 is 24.0 Å². The molecule has 0 bridgehead atoms. The Morgan fingerprint density at radius 2 is 2.11 bits per heavy atom. The molecule has 1 aliphatic heterocycles. The van der Waals surface area contributed by atoms with Crippen LogP contribution in [0.4, 0.5) is 5.69 Å². The fourth-order valence-electron chi connectivity index (χ4n) is 3.01. The lowest BCUT2D eigenvalue weighted by Crippen LogP contribution is -2.36. The molecule has 0 amide bonds. The molecule has 0 aliphatic carbocycles. The topological polar surface area (TPSA) is 132 Å². The number of hydrogen-bond donors (Lipinski definition) is 0. The second-order valence-corrected chi connectivity index (χ2v) is 5.68. The van der Waals surface area contributed by atoms with Crippen LogP contribution < -0.4 is 0 Å². The summed E-state index contributed by atoms with van der Waals surface area (Å²) < 4.78 is 9.87. The molecular formula is C18H17N3O6. The van der Waals surface area contributed by atoms with Gasteiger partial charge in [-0.25, -0.2) is 9.79 Å². The summed E-state index contributed by atoms with van der Waals surface area (Å²) in [4.78, 5) is 39.6. The van der Waals surface area contributed by atoms with Crippen LogP contribution in [0.5, 0.6) is 0 Å². The number of ether oxygens (including phenoxy) is 2. The van der Waals surface area contributed by atoms with E-state index in [1.165, 1.54) is 25.1 Å². The van der Waals surface area contributed by atoms with Crippen LogP contribution in [-0.4, -0.2) is 36.3 Å². The first kappa shape index (κ1) is 19.8. The quantitative estimate of drug-likeness (QED) is 0.440. The van der Waals surface area contributed by atoms with Crippen molar-refractivity contribution in [3.05, 3.63) is 51.2 Å². The Labute approximate surface area is 155 Å². The van der Waals surface area contributed by atoms with Crippen LogP contribution in [0.15, 0.2) is 40.5 Å². The molecule has 0 saturated heterocycles. The minimum atomic E-state index is -1.02. The molecule has 1 aliphatic rings. The van der Waals surface area contributed by atoms with Crippen LogP contribution in [0.25, 0.3) is 0 Å². The first-order chi connectivity index (χ1) is 12.8. The zero-order valence-corrected chi connectivity index (χ0v) is 15.0. The summed E-state index contributed by atoms with van der Waals surface area (Å²) >= 11 is 0. The fraction of sp³-hybridized carbons (Fsp3) is 0.333. The van der Waals surface area contributed by atoms with Crippen molar-refractivity contribution in [1.82, 2.24) is 0 Å². The highest BCUT2D eigenvalue weighted by Gasteiger charge is 2.43. The monoisotopic (exact) mass is 371 g/mol. The molecule has 9 heteroatoms. The smallest absolute Gasteiger partial charge is 0.337 e. The maximum atomic E-state index is 12.6. The SMILES string of the molecule is CCOC(=O)C1C(C)=NC(C#N)=C(C(=O)OC)C1c1cccc([N+](=O)[O-])c1. The van der Waals surface area contributed by atoms with E-state index in [0.717, 1.165) is 7.11 Å². The van der Waals surface area contributed by atoms with Crippen LogP contribution in [0.1, 0.15) is 25.3 Å². The number of aliphatic imine (C=N–C) groups is 1. The molecule has 1 aromatic rings. The Morgan fingerprint density at radius 1 is 1.41 bits per heavy atom. The van der Waals surface area contributed by atoms with Crippen LogP contribution in [0.2, 0.25) is 0 Å². The average molecular weight is 371 g/mol. The van der Waals surface area contributed by atoms with Gasteiger partial charge >= 0.3 is 11.9 Å². The molecule has 1 aromatic carbocycles. The van der Waals surface area contributed by atoms with E-state index in [1.807, 2.05) is 6.07 Å². The van der Waals surface area contributed by atoms with Crippen LogP contribution in [0.3, 0.4) is 0 Å². The summed E-state index contributed by atoms with van der Waals surface area (Å²) in [7, 11) is 1.14. The lowest BCUT2D eigenvalue weighted by atomic mass is 9.75. The summed E-state index contributed by atoms with van der Waals surface area (Å²) in [6.45, 7) is 3.28. The normalized spacial score (nSPS) is 19.0. The van der Waals surface area contributed by atoms with E-state index in [2.05, 4.69) is 4.99 Å². The lowest BCUT2D eigenvalue weighted by Gasteiger charge is -2.30. The van der Waals surface area contributed by atoms with Crippen LogP contribution >= 0.6 is 0 Å². The van der Waals surface area contributed by atoms with Gasteiger partial charge in [0, 0.05) is 23.8 Å².